The number of rotatable bonds is 5. The highest BCUT2D eigenvalue weighted by molar-refractivity contribution is 7.86. The Labute approximate surface area is 145 Å². The molecule has 2 aliphatic rings. The van der Waals surface area contributed by atoms with Crippen LogP contribution in [0.5, 0.6) is 5.75 Å². The van der Waals surface area contributed by atoms with Gasteiger partial charge in [0.05, 0.1) is 7.11 Å². The molecule has 0 aliphatic carbocycles. The molecule has 2 saturated heterocycles. The van der Waals surface area contributed by atoms with Crippen molar-refractivity contribution < 1.29 is 13.2 Å². The Bertz CT molecular complexity index is 627. The molecule has 0 N–H and O–H groups in total. The van der Waals surface area contributed by atoms with Crippen LogP contribution in [0.2, 0.25) is 0 Å². The lowest BCUT2D eigenvalue weighted by atomic mass is 10.2. The second-order valence-electron chi connectivity index (χ2n) is 6.49. The van der Waals surface area contributed by atoms with E-state index < -0.39 is 10.2 Å². The SMILES string of the molecule is COc1ccc(CN2CCCN(S(=O)(=O)N3CCCC3)CC2)cc1. The lowest BCUT2D eigenvalue weighted by molar-refractivity contribution is 0.276. The molecule has 2 heterocycles. The molecule has 1 aromatic rings. The first-order chi connectivity index (χ1) is 11.6. The number of hydrogen-bond donors (Lipinski definition) is 0. The molecular formula is C17H27N3O3S. The van der Waals surface area contributed by atoms with Gasteiger partial charge in [-0.1, -0.05) is 12.1 Å². The van der Waals surface area contributed by atoms with Crippen molar-refractivity contribution in [3.8, 4) is 5.75 Å². The fraction of sp³-hybridized carbons (Fsp3) is 0.647. The summed E-state index contributed by atoms with van der Waals surface area (Å²) in [7, 11) is -1.60. The van der Waals surface area contributed by atoms with Crippen LogP contribution in [0.15, 0.2) is 24.3 Å². The molecule has 0 amide bonds. The monoisotopic (exact) mass is 353 g/mol. The second kappa shape index (κ2) is 7.82. The molecule has 7 heteroatoms. The summed E-state index contributed by atoms with van der Waals surface area (Å²) >= 11 is 0. The van der Waals surface area contributed by atoms with Crippen LogP contribution in [0.4, 0.5) is 0 Å². The highest BCUT2D eigenvalue weighted by Gasteiger charge is 2.32. The average molecular weight is 353 g/mol. The Hall–Kier alpha value is -1.15. The Balaban J connectivity index is 1.58. The van der Waals surface area contributed by atoms with Gasteiger partial charge in [-0.3, -0.25) is 4.90 Å². The summed E-state index contributed by atoms with van der Waals surface area (Å²) in [5, 5.41) is 0. The van der Waals surface area contributed by atoms with Crippen LogP contribution >= 0.6 is 0 Å². The molecule has 2 aliphatic heterocycles. The van der Waals surface area contributed by atoms with E-state index in [1.807, 2.05) is 12.1 Å². The van der Waals surface area contributed by atoms with Crippen molar-refractivity contribution >= 4 is 10.2 Å². The van der Waals surface area contributed by atoms with Gasteiger partial charge >= 0.3 is 0 Å². The summed E-state index contributed by atoms with van der Waals surface area (Å²) in [6, 6.07) is 8.08. The van der Waals surface area contributed by atoms with Gasteiger partial charge in [-0.05, 0) is 43.5 Å². The van der Waals surface area contributed by atoms with Gasteiger partial charge in [0, 0.05) is 39.3 Å². The number of benzene rings is 1. The summed E-state index contributed by atoms with van der Waals surface area (Å²) in [5.41, 5.74) is 1.23. The van der Waals surface area contributed by atoms with E-state index in [-0.39, 0.29) is 0 Å². The molecule has 6 nitrogen and oxygen atoms in total. The minimum Gasteiger partial charge on any atom is -0.497 e. The maximum atomic E-state index is 12.7. The van der Waals surface area contributed by atoms with Crippen molar-refractivity contribution in [1.82, 2.24) is 13.5 Å². The van der Waals surface area contributed by atoms with Crippen molar-refractivity contribution in [1.29, 1.82) is 0 Å². The van der Waals surface area contributed by atoms with E-state index in [1.165, 1.54) is 5.56 Å². The van der Waals surface area contributed by atoms with Crippen molar-refractivity contribution in [2.45, 2.75) is 25.8 Å². The average Bonchev–Trinajstić information content (AvgIpc) is 3.04. The fourth-order valence-electron chi connectivity index (χ4n) is 3.41. The molecule has 0 unspecified atom stereocenters. The lowest BCUT2D eigenvalue weighted by Crippen LogP contribution is -2.44. The molecule has 134 valence electrons. The number of nitrogens with zero attached hydrogens (tertiary/aromatic N) is 3. The number of methoxy groups -OCH3 is 1. The standard InChI is InChI=1S/C17H27N3O3S/c1-23-17-7-5-16(6-8-17)15-18-9-4-12-20(14-13-18)24(21,22)19-10-2-3-11-19/h5-8H,2-4,9-15H2,1H3. The molecule has 0 spiro atoms. The zero-order valence-electron chi connectivity index (χ0n) is 14.4. The van der Waals surface area contributed by atoms with Gasteiger partial charge in [0.1, 0.15) is 5.75 Å². The maximum absolute atomic E-state index is 12.7. The van der Waals surface area contributed by atoms with Gasteiger partial charge in [-0.2, -0.15) is 17.0 Å². The first kappa shape index (κ1) is 17.7. The predicted molar refractivity (Wildman–Crippen MR) is 94.2 cm³/mol. The molecule has 3 rings (SSSR count). The van der Waals surface area contributed by atoms with E-state index >= 15 is 0 Å². The quantitative estimate of drug-likeness (QED) is 0.806. The van der Waals surface area contributed by atoms with Gasteiger partial charge in [-0.15, -0.1) is 0 Å². The van der Waals surface area contributed by atoms with Crippen molar-refractivity contribution in [3.05, 3.63) is 29.8 Å². The molecule has 24 heavy (non-hydrogen) atoms. The lowest BCUT2D eigenvalue weighted by Gasteiger charge is -2.26. The summed E-state index contributed by atoms with van der Waals surface area (Å²) in [6.07, 6.45) is 2.84. The van der Waals surface area contributed by atoms with Gasteiger partial charge < -0.3 is 4.74 Å². The van der Waals surface area contributed by atoms with Crippen LogP contribution < -0.4 is 4.74 Å². The van der Waals surface area contributed by atoms with Crippen molar-refractivity contribution in [3.63, 3.8) is 0 Å². The van der Waals surface area contributed by atoms with E-state index in [1.54, 1.807) is 15.7 Å². The Morgan fingerprint density at radius 1 is 0.875 bits per heavy atom. The Morgan fingerprint density at radius 3 is 2.17 bits per heavy atom. The van der Waals surface area contributed by atoms with Crippen LogP contribution in [-0.4, -0.2) is 68.3 Å². The van der Waals surface area contributed by atoms with Gasteiger partial charge in [-0.25, -0.2) is 0 Å². The molecule has 2 fully saturated rings. The number of hydrogen-bond acceptors (Lipinski definition) is 4. The van der Waals surface area contributed by atoms with E-state index in [2.05, 4.69) is 17.0 Å². The Morgan fingerprint density at radius 2 is 1.50 bits per heavy atom. The molecule has 1 aromatic carbocycles. The van der Waals surface area contributed by atoms with Crippen LogP contribution in [-0.2, 0) is 16.8 Å². The highest BCUT2D eigenvalue weighted by Crippen LogP contribution is 2.19. The zero-order valence-corrected chi connectivity index (χ0v) is 15.2. The molecule has 0 saturated carbocycles. The molecular weight excluding hydrogens is 326 g/mol. The zero-order chi connectivity index (χ0) is 17.0. The van der Waals surface area contributed by atoms with Gasteiger partial charge in [0.25, 0.3) is 10.2 Å². The summed E-state index contributed by atoms with van der Waals surface area (Å²) in [6.45, 7) is 5.11. The number of ether oxygens (including phenoxy) is 1. The molecule has 0 bridgehead atoms. The van der Waals surface area contributed by atoms with Crippen LogP contribution in [0.25, 0.3) is 0 Å². The minimum atomic E-state index is -3.27. The van der Waals surface area contributed by atoms with E-state index in [0.717, 1.165) is 44.6 Å². The third-order valence-corrected chi connectivity index (χ3v) is 6.87. The molecule has 0 atom stereocenters. The second-order valence-corrected chi connectivity index (χ2v) is 8.42. The summed E-state index contributed by atoms with van der Waals surface area (Å²) in [5.74, 6) is 0.859. The van der Waals surface area contributed by atoms with Crippen LogP contribution in [0, 0.1) is 0 Å². The van der Waals surface area contributed by atoms with E-state index in [9.17, 15) is 8.42 Å². The first-order valence-corrected chi connectivity index (χ1v) is 10.1. The summed E-state index contributed by atoms with van der Waals surface area (Å²) in [4.78, 5) is 2.33. The highest BCUT2D eigenvalue weighted by atomic mass is 32.2. The van der Waals surface area contributed by atoms with Crippen molar-refractivity contribution in [2.75, 3.05) is 46.4 Å². The smallest absolute Gasteiger partial charge is 0.282 e. The molecule has 0 radical (unpaired) electrons. The topological polar surface area (TPSA) is 53.1 Å². The predicted octanol–water partition coefficient (Wildman–Crippen LogP) is 1.54. The third kappa shape index (κ3) is 4.08. The normalized spacial score (nSPS) is 21.7. The largest absolute Gasteiger partial charge is 0.497 e. The van der Waals surface area contributed by atoms with Gasteiger partial charge in [0.15, 0.2) is 0 Å². The fourth-order valence-corrected chi connectivity index (χ4v) is 5.13. The van der Waals surface area contributed by atoms with Crippen LogP contribution in [0.3, 0.4) is 0 Å². The van der Waals surface area contributed by atoms with Crippen molar-refractivity contribution in [2.24, 2.45) is 0 Å². The van der Waals surface area contributed by atoms with E-state index in [0.29, 0.717) is 26.2 Å². The summed E-state index contributed by atoms with van der Waals surface area (Å²) < 4.78 is 33.9. The maximum Gasteiger partial charge on any atom is 0.282 e. The van der Waals surface area contributed by atoms with Crippen LogP contribution in [0.1, 0.15) is 24.8 Å². The van der Waals surface area contributed by atoms with E-state index in [4.69, 9.17) is 4.74 Å². The third-order valence-electron chi connectivity index (χ3n) is 4.83. The minimum absolute atomic E-state index is 0.578. The van der Waals surface area contributed by atoms with Gasteiger partial charge in [0.2, 0.25) is 0 Å². The first-order valence-electron chi connectivity index (χ1n) is 8.70. The molecule has 0 aromatic heterocycles. The Kier molecular flexibility index (Phi) is 5.76.